The van der Waals surface area contributed by atoms with E-state index in [-0.39, 0.29) is 5.91 Å². The van der Waals surface area contributed by atoms with E-state index in [1.807, 2.05) is 14.1 Å². The Bertz CT molecular complexity index is 420. The Kier molecular flexibility index (Phi) is 6.93. The van der Waals surface area contributed by atoms with Crippen molar-refractivity contribution in [3.05, 3.63) is 18.0 Å². The van der Waals surface area contributed by atoms with Gasteiger partial charge in [-0.05, 0) is 32.5 Å². The number of nitrogens with zero attached hydrogens (tertiary/aromatic N) is 3. The van der Waals surface area contributed by atoms with Crippen molar-refractivity contribution >= 4 is 11.9 Å². The number of amides is 1. The molecule has 0 fully saturated rings. The van der Waals surface area contributed by atoms with Crippen molar-refractivity contribution < 1.29 is 4.79 Å². The first-order valence-electron chi connectivity index (χ1n) is 6.99. The second-order valence-corrected chi connectivity index (χ2v) is 5.43. The number of carbonyl (C=O) groups excluding carboxylic acids is 1. The minimum atomic E-state index is -0.149. The molecule has 0 aliphatic rings. The molecule has 0 spiro atoms. The molecule has 0 unspecified atom stereocenters. The monoisotopic (exact) mass is 279 g/mol. The average molecular weight is 279 g/mol. The van der Waals surface area contributed by atoms with Gasteiger partial charge in [-0.15, -0.1) is 0 Å². The summed E-state index contributed by atoms with van der Waals surface area (Å²) < 4.78 is 0. The van der Waals surface area contributed by atoms with Gasteiger partial charge in [0.05, 0.1) is 0 Å². The van der Waals surface area contributed by atoms with Crippen LogP contribution in [0.15, 0.2) is 12.3 Å². The second-order valence-electron chi connectivity index (χ2n) is 5.43. The topological polar surface area (TPSA) is 70.2 Å². The minimum absolute atomic E-state index is 0.149. The zero-order valence-electron chi connectivity index (χ0n) is 12.8. The van der Waals surface area contributed by atoms with Crippen LogP contribution in [0, 0.1) is 5.92 Å². The van der Waals surface area contributed by atoms with Crippen molar-refractivity contribution in [2.45, 2.75) is 20.3 Å². The number of anilines is 1. The van der Waals surface area contributed by atoms with Crippen molar-refractivity contribution in [2.75, 3.05) is 39.0 Å². The van der Waals surface area contributed by atoms with Crippen LogP contribution < -0.4 is 10.6 Å². The van der Waals surface area contributed by atoms with Gasteiger partial charge in [-0.2, -0.15) is 0 Å². The summed E-state index contributed by atoms with van der Waals surface area (Å²) in [6.07, 6.45) is 2.56. The lowest BCUT2D eigenvalue weighted by Gasteiger charge is -2.11. The number of carbonyl (C=O) groups is 1. The Balaban J connectivity index is 2.47. The Morgan fingerprint density at radius 1 is 1.35 bits per heavy atom. The summed E-state index contributed by atoms with van der Waals surface area (Å²) in [5, 5.41) is 5.97. The molecular weight excluding hydrogens is 254 g/mol. The van der Waals surface area contributed by atoms with Crippen LogP contribution in [0.25, 0.3) is 0 Å². The van der Waals surface area contributed by atoms with Crippen LogP contribution in [-0.2, 0) is 0 Å². The second kappa shape index (κ2) is 8.47. The quantitative estimate of drug-likeness (QED) is 0.749. The van der Waals surface area contributed by atoms with Gasteiger partial charge in [0.2, 0.25) is 5.95 Å². The molecule has 0 saturated heterocycles. The van der Waals surface area contributed by atoms with Crippen molar-refractivity contribution in [3.8, 4) is 0 Å². The van der Waals surface area contributed by atoms with Crippen LogP contribution in [0.1, 0.15) is 30.8 Å². The van der Waals surface area contributed by atoms with Gasteiger partial charge in [-0.25, -0.2) is 9.97 Å². The van der Waals surface area contributed by atoms with Gasteiger partial charge in [0.15, 0.2) is 0 Å². The fourth-order valence-corrected chi connectivity index (χ4v) is 1.53. The van der Waals surface area contributed by atoms with E-state index in [4.69, 9.17) is 0 Å². The molecule has 112 valence electrons. The summed E-state index contributed by atoms with van der Waals surface area (Å²) in [5.41, 5.74) is 0.399. The van der Waals surface area contributed by atoms with Crippen molar-refractivity contribution in [3.63, 3.8) is 0 Å². The Morgan fingerprint density at radius 2 is 2.10 bits per heavy atom. The maximum Gasteiger partial charge on any atom is 0.270 e. The third kappa shape index (κ3) is 6.47. The van der Waals surface area contributed by atoms with Crippen LogP contribution in [0.4, 0.5) is 5.95 Å². The molecular formula is C14H25N5O. The molecule has 0 saturated carbocycles. The molecule has 1 heterocycles. The van der Waals surface area contributed by atoms with Gasteiger partial charge in [-0.1, -0.05) is 13.8 Å². The number of hydrogen-bond donors (Lipinski definition) is 2. The van der Waals surface area contributed by atoms with E-state index in [0.29, 0.717) is 24.1 Å². The number of nitrogens with one attached hydrogen (secondary N) is 2. The highest BCUT2D eigenvalue weighted by Gasteiger charge is 2.08. The Morgan fingerprint density at radius 3 is 2.75 bits per heavy atom. The van der Waals surface area contributed by atoms with Crippen LogP contribution in [-0.4, -0.2) is 54.5 Å². The predicted octanol–water partition coefficient (Wildman–Crippen LogP) is 1.23. The van der Waals surface area contributed by atoms with Crippen LogP contribution in [0.3, 0.4) is 0 Å². The molecule has 6 heteroatoms. The SMILES string of the molecule is CC(C)CCNC(=O)c1ccnc(NCCN(C)C)n1. The zero-order chi connectivity index (χ0) is 15.0. The molecule has 0 aliphatic carbocycles. The van der Waals surface area contributed by atoms with E-state index in [0.717, 1.165) is 19.5 Å². The Hall–Kier alpha value is -1.69. The number of hydrogen-bond acceptors (Lipinski definition) is 5. The first kappa shape index (κ1) is 16.4. The third-order valence-electron chi connectivity index (χ3n) is 2.74. The summed E-state index contributed by atoms with van der Waals surface area (Å²) in [6, 6.07) is 1.63. The van der Waals surface area contributed by atoms with E-state index < -0.39 is 0 Å². The van der Waals surface area contributed by atoms with E-state index in [1.165, 1.54) is 0 Å². The Labute approximate surface area is 121 Å². The molecule has 6 nitrogen and oxygen atoms in total. The van der Waals surface area contributed by atoms with E-state index in [9.17, 15) is 4.79 Å². The smallest absolute Gasteiger partial charge is 0.270 e. The highest BCUT2D eigenvalue weighted by atomic mass is 16.1. The molecule has 0 atom stereocenters. The van der Waals surface area contributed by atoms with Crippen LogP contribution >= 0.6 is 0 Å². The lowest BCUT2D eigenvalue weighted by molar-refractivity contribution is 0.0947. The maximum absolute atomic E-state index is 11.9. The molecule has 0 bridgehead atoms. The van der Waals surface area contributed by atoms with Crippen LogP contribution in [0.2, 0.25) is 0 Å². The highest BCUT2D eigenvalue weighted by molar-refractivity contribution is 5.92. The van der Waals surface area contributed by atoms with E-state index in [2.05, 4.69) is 39.3 Å². The summed E-state index contributed by atoms with van der Waals surface area (Å²) in [5.74, 6) is 0.913. The molecule has 2 N–H and O–H groups in total. The number of likely N-dealkylation sites (N-methyl/N-ethyl adjacent to an activating group) is 1. The lowest BCUT2D eigenvalue weighted by atomic mass is 10.1. The summed E-state index contributed by atoms with van der Waals surface area (Å²) in [6.45, 7) is 6.55. The first-order chi connectivity index (χ1) is 9.49. The van der Waals surface area contributed by atoms with Crippen molar-refractivity contribution in [1.82, 2.24) is 20.2 Å². The van der Waals surface area contributed by atoms with Gasteiger partial charge in [0, 0.05) is 25.8 Å². The first-order valence-corrected chi connectivity index (χ1v) is 6.99. The van der Waals surface area contributed by atoms with Crippen molar-refractivity contribution in [2.24, 2.45) is 5.92 Å². The normalized spacial score (nSPS) is 10.9. The molecule has 1 aromatic rings. The van der Waals surface area contributed by atoms with Crippen molar-refractivity contribution in [1.29, 1.82) is 0 Å². The molecule has 0 aliphatic heterocycles. The number of aromatic nitrogens is 2. The summed E-state index contributed by atoms with van der Waals surface area (Å²) in [7, 11) is 4.00. The standard InChI is InChI=1S/C14H25N5O/c1-11(2)5-7-15-13(20)12-6-8-16-14(18-12)17-9-10-19(3)4/h6,8,11H,5,7,9-10H2,1-4H3,(H,15,20)(H,16,17,18). The lowest BCUT2D eigenvalue weighted by Crippen LogP contribution is -2.27. The molecule has 20 heavy (non-hydrogen) atoms. The van der Waals surface area contributed by atoms with Gasteiger partial charge < -0.3 is 15.5 Å². The van der Waals surface area contributed by atoms with Gasteiger partial charge >= 0.3 is 0 Å². The highest BCUT2D eigenvalue weighted by Crippen LogP contribution is 2.01. The zero-order valence-corrected chi connectivity index (χ0v) is 12.8. The number of rotatable bonds is 8. The average Bonchev–Trinajstić information content (AvgIpc) is 2.38. The predicted molar refractivity (Wildman–Crippen MR) is 80.9 cm³/mol. The van der Waals surface area contributed by atoms with Crippen LogP contribution in [0.5, 0.6) is 0 Å². The van der Waals surface area contributed by atoms with E-state index >= 15 is 0 Å². The van der Waals surface area contributed by atoms with Gasteiger partial charge in [-0.3, -0.25) is 4.79 Å². The molecule has 0 aromatic carbocycles. The summed E-state index contributed by atoms with van der Waals surface area (Å²) in [4.78, 5) is 22.3. The molecule has 1 aromatic heterocycles. The molecule has 1 rings (SSSR count). The summed E-state index contributed by atoms with van der Waals surface area (Å²) >= 11 is 0. The fraction of sp³-hybridized carbons (Fsp3) is 0.643. The largest absolute Gasteiger partial charge is 0.353 e. The maximum atomic E-state index is 11.9. The molecule has 0 radical (unpaired) electrons. The van der Waals surface area contributed by atoms with Gasteiger partial charge in [0.25, 0.3) is 5.91 Å². The fourth-order valence-electron chi connectivity index (χ4n) is 1.53. The molecule has 1 amide bonds. The third-order valence-corrected chi connectivity index (χ3v) is 2.74. The van der Waals surface area contributed by atoms with E-state index in [1.54, 1.807) is 12.3 Å². The van der Waals surface area contributed by atoms with Gasteiger partial charge in [0.1, 0.15) is 5.69 Å². The minimum Gasteiger partial charge on any atom is -0.353 e.